The minimum absolute atomic E-state index is 0.0756. The SMILES string of the molecule is CC1CCN(C(=O)CSc2nc3c(c(=O)n2-c2ccc(F)cc2)SCC3)CC1. The number of nitrogens with zero attached hydrogens (tertiary/aromatic N) is 3. The minimum Gasteiger partial charge on any atom is -0.342 e. The second-order valence-corrected chi connectivity index (χ2v) is 9.29. The molecule has 4 rings (SSSR count). The van der Waals surface area contributed by atoms with Crippen molar-refractivity contribution in [3.8, 4) is 5.69 Å². The number of piperidine rings is 1. The highest BCUT2D eigenvalue weighted by molar-refractivity contribution is 8.00. The van der Waals surface area contributed by atoms with Crippen molar-refractivity contribution in [2.24, 2.45) is 5.92 Å². The molecule has 0 atom stereocenters. The summed E-state index contributed by atoms with van der Waals surface area (Å²) in [5.74, 6) is 1.46. The van der Waals surface area contributed by atoms with Gasteiger partial charge in [0.05, 0.1) is 22.0 Å². The Morgan fingerprint density at radius 3 is 2.71 bits per heavy atom. The average molecular weight is 420 g/mol. The van der Waals surface area contributed by atoms with Crippen molar-refractivity contribution in [1.29, 1.82) is 0 Å². The maximum Gasteiger partial charge on any atom is 0.272 e. The molecule has 1 aromatic heterocycles. The summed E-state index contributed by atoms with van der Waals surface area (Å²) in [6.45, 7) is 3.80. The molecule has 0 unspecified atom stereocenters. The van der Waals surface area contributed by atoms with Crippen LogP contribution in [0.3, 0.4) is 0 Å². The van der Waals surface area contributed by atoms with E-state index in [1.54, 1.807) is 12.1 Å². The molecule has 2 aliphatic heterocycles. The number of hydrogen-bond acceptors (Lipinski definition) is 5. The lowest BCUT2D eigenvalue weighted by Crippen LogP contribution is -2.39. The first-order valence-corrected chi connectivity index (χ1v) is 11.5. The molecular weight excluding hydrogens is 397 g/mol. The molecular formula is C20H22FN3O2S2. The van der Waals surface area contributed by atoms with Crippen molar-refractivity contribution >= 4 is 29.4 Å². The number of halogens is 1. The van der Waals surface area contributed by atoms with Gasteiger partial charge in [-0.25, -0.2) is 9.37 Å². The van der Waals surface area contributed by atoms with Crippen LogP contribution in [0.25, 0.3) is 5.69 Å². The Hall–Kier alpha value is -1.80. The summed E-state index contributed by atoms with van der Waals surface area (Å²) in [5.41, 5.74) is 1.23. The van der Waals surface area contributed by atoms with Gasteiger partial charge in [-0.05, 0) is 43.0 Å². The van der Waals surface area contributed by atoms with Gasteiger partial charge in [-0.15, -0.1) is 11.8 Å². The lowest BCUT2D eigenvalue weighted by molar-refractivity contribution is -0.129. The third-order valence-electron chi connectivity index (χ3n) is 5.21. The van der Waals surface area contributed by atoms with Gasteiger partial charge in [-0.2, -0.15) is 0 Å². The molecule has 148 valence electrons. The van der Waals surface area contributed by atoms with Crippen LogP contribution in [0.4, 0.5) is 4.39 Å². The first kappa shape index (κ1) is 19.5. The number of fused-ring (bicyclic) bond motifs is 1. The lowest BCUT2D eigenvalue weighted by atomic mass is 9.99. The van der Waals surface area contributed by atoms with Crippen LogP contribution in [-0.4, -0.2) is 45.0 Å². The fraction of sp³-hybridized carbons (Fsp3) is 0.450. The van der Waals surface area contributed by atoms with Crippen LogP contribution in [-0.2, 0) is 11.2 Å². The summed E-state index contributed by atoms with van der Waals surface area (Å²) in [5, 5.41) is 0.497. The van der Waals surface area contributed by atoms with E-state index in [2.05, 4.69) is 11.9 Å². The number of thioether (sulfide) groups is 2. The van der Waals surface area contributed by atoms with Crippen LogP contribution in [0.5, 0.6) is 0 Å². The molecule has 28 heavy (non-hydrogen) atoms. The second kappa shape index (κ2) is 8.29. The number of aromatic nitrogens is 2. The standard InChI is InChI=1S/C20H22FN3O2S2/c1-13-6-9-23(10-7-13)17(25)12-28-20-22-16-8-11-27-18(16)19(26)24(20)15-4-2-14(21)3-5-15/h2-5,13H,6-12H2,1H3. The molecule has 2 aromatic rings. The van der Waals surface area contributed by atoms with Crippen LogP contribution in [0.1, 0.15) is 25.5 Å². The zero-order valence-corrected chi connectivity index (χ0v) is 17.3. The van der Waals surface area contributed by atoms with E-state index in [1.807, 2.05) is 4.90 Å². The van der Waals surface area contributed by atoms with Gasteiger partial charge in [0.15, 0.2) is 5.16 Å². The molecule has 1 aromatic carbocycles. The molecule has 2 aliphatic rings. The number of likely N-dealkylation sites (tertiary alicyclic amines) is 1. The smallest absolute Gasteiger partial charge is 0.272 e. The van der Waals surface area contributed by atoms with Gasteiger partial charge in [0, 0.05) is 25.3 Å². The largest absolute Gasteiger partial charge is 0.342 e. The van der Waals surface area contributed by atoms with Crippen molar-refractivity contribution in [3.63, 3.8) is 0 Å². The van der Waals surface area contributed by atoms with E-state index in [9.17, 15) is 14.0 Å². The molecule has 0 radical (unpaired) electrons. The Morgan fingerprint density at radius 1 is 1.29 bits per heavy atom. The predicted molar refractivity (Wildman–Crippen MR) is 110 cm³/mol. The van der Waals surface area contributed by atoms with Crippen LogP contribution >= 0.6 is 23.5 Å². The Morgan fingerprint density at radius 2 is 2.00 bits per heavy atom. The Kier molecular flexibility index (Phi) is 5.78. The highest BCUT2D eigenvalue weighted by Crippen LogP contribution is 2.30. The Labute approximate surface area is 171 Å². The number of benzene rings is 1. The third kappa shape index (κ3) is 3.98. The first-order valence-electron chi connectivity index (χ1n) is 9.48. The zero-order chi connectivity index (χ0) is 19.7. The maximum atomic E-state index is 13.3. The number of aryl methyl sites for hydroxylation is 1. The molecule has 8 heteroatoms. The average Bonchev–Trinajstić information content (AvgIpc) is 3.17. The van der Waals surface area contributed by atoms with Crippen LogP contribution in [0.2, 0.25) is 0 Å². The van der Waals surface area contributed by atoms with E-state index < -0.39 is 0 Å². The molecule has 0 spiro atoms. The van der Waals surface area contributed by atoms with Crippen LogP contribution < -0.4 is 5.56 Å². The molecule has 0 saturated carbocycles. The van der Waals surface area contributed by atoms with Crippen molar-refractivity contribution in [2.75, 3.05) is 24.6 Å². The predicted octanol–water partition coefficient (Wildman–Crippen LogP) is 3.37. The Bertz CT molecular complexity index is 938. The number of carbonyl (C=O) groups excluding carboxylic acids is 1. The molecule has 1 saturated heterocycles. The fourth-order valence-electron chi connectivity index (χ4n) is 3.48. The number of hydrogen-bond donors (Lipinski definition) is 0. The molecule has 0 bridgehead atoms. The van der Waals surface area contributed by atoms with E-state index in [1.165, 1.54) is 40.2 Å². The Balaban J connectivity index is 1.61. The first-order chi connectivity index (χ1) is 13.5. The minimum atomic E-state index is -0.357. The maximum absolute atomic E-state index is 13.3. The number of carbonyl (C=O) groups is 1. The van der Waals surface area contributed by atoms with E-state index in [4.69, 9.17) is 0 Å². The zero-order valence-electron chi connectivity index (χ0n) is 15.7. The van der Waals surface area contributed by atoms with Crippen molar-refractivity contribution in [3.05, 3.63) is 46.1 Å². The quantitative estimate of drug-likeness (QED) is 0.562. The van der Waals surface area contributed by atoms with E-state index in [0.29, 0.717) is 21.7 Å². The molecule has 0 aliphatic carbocycles. The van der Waals surface area contributed by atoms with Gasteiger partial charge in [-0.3, -0.25) is 14.2 Å². The van der Waals surface area contributed by atoms with Gasteiger partial charge in [0.25, 0.3) is 5.56 Å². The molecule has 0 N–H and O–H groups in total. The molecule has 1 fully saturated rings. The summed E-state index contributed by atoms with van der Waals surface area (Å²) < 4.78 is 14.9. The molecule has 3 heterocycles. The van der Waals surface area contributed by atoms with Gasteiger partial charge in [0.1, 0.15) is 5.82 Å². The normalized spacial score (nSPS) is 17.0. The van der Waals surface area contributed by atoms with Gasteiger partial charge < -0.3 is 4.90 Å². The van der Waals surface area contributed by atoms with Crippen LogP contribution in [0, 0.1) is 11.7 Å². The number of amides is 1. The monoisotopic (exact) mass is 419 g/mol. The number of rotatable bonds is 4. The highest BCUT2D eigenvalue weighted by Gasteiger charge is 2.25. The summed E-state index contributed by atoms with van der Waals surface area (Å²) in [6.07, 6.45) is 2.82. The molecule has 5 nitrogen and oxygen atoms in total. The van der Waals surface area contributed by atoms with E-state index in [-0.39, 0.29) is 23.0 Å². The topological polar surface area (TPSA) is 55.2 Å². The van der Waals surface area contributed by atoms with E-state index >= 15 is 0 Å². The van der Waals surface area contributed by atoms with Crippen molar-refractivity contribution in [1.82, 2.24) is 14.5 Å². The third-order valence-corrected chi connectivity index (χ3v) is 7.24. The molecule has 1 amide bonds. The van der Waals surface area contributed by atoms with Crippen molar-refractivity contribution in [2.45, 2.75) is 36.2 Å². The lowest BCUT2D eigenvalue weighted by Gasteiger charge is -2.30. The second-order valence-electron chi connectivity index (χ2n) is 7.24. The summed E-state index contributed by atoms with van der Waals surface area (Å²) >= 11 is 2.79. The summed E-state index contributed by atoms with van der Waals surface area (Å²) in [7, 11) is 0. The van der Waals surface area contributed by atoms with Crippen LogP contribution in [0.15, 0.2) is 39.1 Å². The fourth-order valence-corrected chi connectivity index (χ4v) is 5.44. The van der Waals surface area contributed by atoms with Gasteiger partial charge in [-0.1, -0.05) is 18.7 Å². The van der Waals surface area contributed by atoms with Gasteiger partial charge >= 0.3 is 0 Å². The van der Waals surface area contributed by atoms with Crippen molar-refractivity contribution < 1.29 is 9.18 Å². The highest BCUT2D eigenvalue weighted by atomic mass is 32.2. The summed E-state index contributed by atoms with van der Waals surface area (Å²) in [4.78, 5) is 32.9. The summed E-state index contributed by atoms with van der Waals surface area (Å²) in [6, 6.07) is 5.80. The van der Waals surface area contributed by atoms with E-state index in [0.717, 1.165) is 43.8 Å². The van der Waals surface area contributed by atoms with Gasteiger partial charge in [0.2, 0.25) is 5.91 Å².